The summed E-state index contributed by atoms with van der Waals surface area (Å²) in [5, 5.41) is 3.41. The summed E-state index contributed by atoms with van der Waals surface area (Å²) >= 11 is 0. The zero-order valence-electron chi connectivity index (χ0n) is 13.9. The molecule has 1 aromatic heterocycles. The quantitative estimate of drug-likeness (QED) is 0.811. The van der Waals surface area contributed by atoms with Gasteiger partial charge < -0.3 is 10.1 Å². The number of nitrogens with one attached hydrogen (secondary N) is 1. The highest BCUT2D eigenvalue weighted by Crippen LogP contribution is 2.33. The Bertz CT molecular complexity index is 398. The Morgan fingerprint density at radius 2 is 2.00 bits per heavy atom. The second-order valence-corrected chi connectivity index (χ2v) is 6.65. The molecule has 0 radical (unpaired) electrons. The van der Waals surface area contributed by atoms with E-state index in [9.17, 15) is 0 Å². The topological polar surface area (TPSA) is 34.1 Å². The molecule has 0 aromatic carbocycles. The molecule has 0 bridgehead atoms. The Morgan fingerprint density at radius 1 is 1.30 bits per heavy atom. The van der Waals surface area contributed by atoms with Crippen LogP contribution in [0.4, 0.5) is 0 Å². The number of nitrogens with zero attached hydrogens (tertiary/aromatic N) is 1. The maximum absolute atomic E-state index is 5.67. The first-order valence-corrected chi connectivity index (χ1v) is 7.63. The van der Waals surface area contributed by atoms with E-state index in [0.717, 1.165) is 25.2 Å². The monoisotopic (exact) mass is 278 g/mol. The average Bonchev–Trinajstić information content (AvgIpc) is 2.41. The standard InChI is InChI=1S/C17H30N2O/c1-7-8-20-15-10-14(11-19-12-15)16(18-6)9-13(2)17(3,4)5/h10-13,16,18H,7-9H2,1-6H3. The fourth-order valence-electron chi connectivity index (χ4n) is 2.05. The summed E-state index contributed by atoms with van der Waals surface area (Å²) in [6, 6.07) is 2.43. The maximum atomic E-state index is 5.67. The predicted molar refractivity (Wildman–Crippen MR) is 85.1 cm³/mol. The van der Waals surface area contributed by atoms with Crippen molar-refractivity contribution in [3.8, 4) is 5.75 Å². The van der Waals surface area contributed by atoms with Crippen LogP contribution in [0.5, 0.6) is 5.75 Å². The van der Waals surface area contributed by atoms with Crippen molar-refractivity contribution in [2.24, 2.45) is 11.3 Å². The summed E-state index contributed by atoms with van der Waals surface area (Å²) in [5.74, 6) is 1.49. The van der Waals surface area contributed by atoms with Gasteiger partial charge in [0.25, 0.3) is 0 Å². The largest absolute Gasteiger partial charge is 0.492 e. The molecule has 0 spiro atoms. The van der Waals surface area contributed by atoms with Gasteiger partial charge in [0.2, 0.25) is 0 Å². The van der Waals surface area contributed by atoms with Crippen molar-refractivity contribution in [2.45, 2.75) is 53.5 Å². The Hall–Kier alpha value is -1.09. The van der Waals surface area contributed by atoms with Crippen molar-refractivity contribution in [2.75, 3.05) is 13.7 Å². The SMILES string of the molecule is CCCOc1cncc(C(CC(C)C(C)(C)C)NC)c1. The lowest BCUT2D eigenvalue weighted by atomic mass is 9.78. The number of aromatic nitrogens is 1. The van der Waals surface area contributed by atoms with E-state index in [2.05, 4.69) is 51.0 Å². The van der Waals surface area contributed by atoms with E-state index in [1.165, 1.54) is 5.56 Å². The van der Waals surface area contributed by atoms with Gasteiger partial charge in [-0.2, -0.15) is 0 Å². The molecule has 0 aliphatic rings. The van der Waals surface area contributed by atoms with Crippen LogP contribution in [-0.4, -0.2) is 18.6 Å². The predicted octanol–water partition coefficient (Wildman–Crippen LogP) is 4.20. The molecule has 1 aromatic rings. The molecule has 1 heterocycles. The van der Waals surface area contributed by atoms with Crippen molar-refractivity contribution in [1.82, 2.24) is 10.3 Å². The molecule has 0 aliphatic heterocycles. The molecular weight excluding hydrogens is 248 g/mol. The van der Waals surface area contributed by atoms with Crippen LogP contribution >= 0.6 is 0 Å². The van der Waals surface area contributed by atoms with E-state index in [4.69, 9.17) is 4.74 Å². The van der Waals surface area contributed by atoms with Crippen LogP contribution in [0.15, 0.2) is 18.5 Å². The van der Waals surface area contributed by atoms with Gasteiger partial charge in [-0.1, -0.05) is 34.6 Å². The number of hydrogen-bond donors (Lipinski definition) is 1. The lowest BCUT2D eigenvalue weighted by Crippen LogP contribution is -2.25. The maximum Gasteiger partial charge on any atom is 0.137 e. The van der Waals surface area contributed by atoms with E-state index in [-0.39, 0.29) is 0 Å². The van der Waals surface area contributed by atoms with Gasteiger partial charge in [0.15, 0.2) is 0 Å². The van der Waals surface area contributed by atoms with Crippen molar-refractivity contribution in [3.63, 3.8) is 0 Å². The van der Waals surface area contributed by atoms with Gasteiger partial charge in [-0.15, -0.1) is 0 Å². The fourth-order valence-corrected chi connectivity index (χ4v) is 2.05. The molecule has 1 rings (SSSR count). The van der Waals surface area contributed by atoms with Crippen LogP contribution in [0, 0.1) is 11.3 Å². The van der Waals surface area contributed by atoms with Crippen LogP contribution in [0.1, 0.15) is 59.1 Å². The van der Waals surface area contributed by atoms with Gasteiger partial charge in [0.1, 0.15) is 5.75 Å². The smallest absolute Gasteiger partial charge is 0.137 e. The molecule has 3 heteroatoms. The Balaban J connectivity index is 2.79. The first-order chi connectivity index (χ1) is 9.38. The first-order valence-electron chi connectivity index (χ1n) is 7.63. The van der Waals surface area contributed by atoms with Crippen molar-refractivity contribution >= 4 is 0 Å². The summed E-state index contributed by atoms with van der Waals surface area (Å²) < 4.78 is 5.67. The van der Waals surface area contributed by atoms with E-state index in [1.54, 1.807) is 6.20 Å². The lowest BCUT2D eigenvalue weighted by Gasteiger charge is -2.30. The zero-order valence-corrected chi connectivity index (χ0v) is 13.9. The molecule has 0 aliphatic carbocycles. The minimum absolute atomic E-state index is 0.318. The molecule has 0 amide bonds. The third-order valence-corrected chi connectivity index (χ3v) is 4.03. The summed E-state index contributed by atoms with van der Waals surface area (Å²) in [6.07, 6.45) is 5.84. The van der Waals surface area contributed by atoms with E-state index in [1.807, 2.05) is 13.2 Å². The number of ether oxygens (including phenoxy) is 1. The molecule has 0 fully saturated rings. The Labute approximate surface area is 124 Å². The first kappa shape index (κ1) is 17.0. The van der Waals surface area contributed by atoms with Gasteiger partial charge >= 0.3 is 0 Å². The van der Waals surface area contributed by atoms with Crippen molar-refractivity contribution in [3.05, 3.63) is 24.0 Å². The molecule has 3 nitrogen and oxygen atoms in total. The molecule has 114 valence electrons. The van der Waals surface area contributed by atoms with E-state index >= 15 is 0 Å². The summed E-state index contributed by atoms with van der Waals surface area (Å²) in [7, 11) is 2.01. The third-order valence-electron chi connectivity index (χ3n) is 4.03. The van der Waals surface area contributed by atoms with E-state index in [0.29, 0.717) is 17.4 Å². The van der Waals surface area contributed by atoms with Crippen molar-refractivity contribution in [1.29, 1.82) is 0 Å². The molecule has 0 saturated carbocycles. The number of pyridine rings is 1. The van der Waals surface area contributed by atoms with Gasteiger partial charge in [-0.25, -0.2) is 0 Å². The van der Waals surface area contributed by atoms with E-state index < -0.39 is 0 Å². The molecule has 2 atom stereocenters. The van der Waals surface area contributed by atoms with Crippen LogP contribution in [0.2, 0.25) is 0 Å². The summed E-state index contributed by atoms with van der Waals surface area (Å²) in [6.45, 7) is 12.1. The molecular formula is C17H30N2O. The van der Waals surface area contributed by atoms with Crippen molar-refractivity contribution < 1.29 is 4.74 Å². The highest BCUT2D eigenvalue weighted by molar-refractivity contribution is 5.26. The normalized spacial score (nSPS) is 14.9. The van der Waals surface area contributed by atoms with Crippen LogP contribution in [-0.2, 0) is 0 Å². The number of rotatable bonds is 7. The van der Waals surface area contributed by atoms with Crippen LogP contribution in [0.25, 0.3) is 0 Å². The minimum atomic E-state index is 0.318. The second-order valence-electron chi connectivity index (χ2n) is 6.65. The molecule has 1 N–H and O–H groups in total. The van der Waals surface area contributed by atoms with Gasteiger partial charge in [0, 0.05) is 12.2 Å². The zero-order chi connectivity index (χ0) is 15.2. The summed E-state index contributed by atoms with van der Waals surface area (Å²) in [5.41, 5.74) is 1.52. The number of hydrogen-bond acceptors (Lipinski definition) is 3. The molecule has 2 unspecified atom stereocenters. The van der Waals surface area contributed by atoms with Gasteiger partial charge in [-0.3, -0.25) is 4.98 Å². The van der Waals surface area contributed by atoms with Gasteiger partial charge in [0.05, 0.1) is 12.8 Å². The Morgan fingerprint density at radius 3 is 2.55 bits per heavy atom. The molecule has 20 heavy (non-hydrogen) atoms. The van der Waals surface area contributed by atoms with Crippen LogP contribution < -0.4 is 10.1 Å². The molecule has 0 saturated heterocycles. The lowest BCUT2D eigenvalue weighted by molar-refractivity contribution is 0.225. The highest BCUT2D eigenvalue weighted by atomic mass is 16.5. The average molecular weight is 278 g/mol. The minimum Gasteiger partial charge on any atom is -0.492 e. The van der Waals surface area contributed by atoms with Crippen LogP contribution in [0.3, 0.4) is 0 Å². The van der Waals surface area contributed by atoms with Gasteiger partial charge in [-0.05, 0) is 42.9 Å². The summed E-state index contributed by atoms with van der Waals surface area (Å²) in [4.78, 5) is 4.31. The highest BCUT2D eigenvalue weighted by Gasteiger charge is 2.24. The second kappa shape index (κ2) is 7.63. The fraction of sp³-hybridized carbons (Fsp3) is 0.706. The Kier molecular flexibility index (Phi) is 6.47. The third kappa shape index (κ3) is 5.12.